The predicted octanol–water partition coefficient (Wildman–Crippen LogP) is 2.03. The van der Waals surface area contributed by atoms with Gasteiger partial charge in [0.1, 0.15) is 0 Å². The highest BCUT2D eigenvalue weighted by molar-refractivity contribution is 4.78. The van der Waals surface area contributed by atoms with Gasteiger partial charge in [-0.1, -0.05) is 6.42 Å². The van der Waals surface area contributed by atoms with Gasteiger partial charge < -0.3 is 0 Å². The van der Waals surface area contributed by atoms with E-state index in [2.05, 4.69) is 0 Å². The minimum absolute atomic E-state index is 0.177. The highest BCUT2D eigenvalue weighted by Crippen LogP contribution is 2.26. The Hall–Kier alpha value is -0.250. The van der Waals surface area contributed by atoms with Crippen molar-refractivity contribution in [2.75, 3.05) is 13.6 Å². The summed E-state index contributed by atoms with van der Waals surface area (Å²) in [5, 5.41) is 0. The number of hydrogen-bond donors (Lipinski definition) is 0. The second-order valence-corrected chi connectivity index (χ2v) is 3.12. The molecule has 0 heterocycles. The summed E-state index contributed by atoms with van der Waals surface area (Å²) in [7, 11) is 1.54. The average molecular weight is 167 g/mol. The van der Waals surface area contributed by atoms with Crippen molar-refractivity contribution >= 4 is 0 Å². The third kappa shape index (κ3) is 2.69. The molecular weight excluding hydrogens is 155 g/mol. The fraction of sp³-hybridized carbons (Fsp3) is 1.00. The molecular formula is C7H12F3N. The maximum atomic E-state index is 11.8. The smallest absolute Gasteiger partial charge is 0.295 e. The largest absolute Gasteiger partial charge is 0.401 e. The SMILES string of the molecule is CN(CC(F)(F)F)C1CCC1. The van der Waals surface area contributed by atoms with Gasteiger partial charge >= 0.3 is 6.18 Å². The van der Waals surface area contributed by atoms with E-state index in [1.807, 2.05) is 0 Å². The lowest BCUT2D eigenvalue weighted by Crippen LogP contribution is -2.42. The zero-order valence-corrected chi connectivity index (χ0v) is 6.49. The summed E-state index contributed by atoms with van der Waals surface area (Å²) in [6, 6.07) is 0.177. The summed E-state index contributed by atoms with van der Waals surface area (Å²) in [5.74, 6) is 0. The average Bonchev–Trinajstić information content (AvgIpc) is 1.50. The molecule has 0 bridgehead atoms. The lowest BCUT2D eigenvalue weighted by Gasteiger charge is -2.34. The number of alkyl halides is 3. The lowest BCUT2D eigenvalue weighted by molar-refractivity contribution is -0.150. The van der Waals surface area contributed by atoms with Crippen LogP contribution in [0.2, 0.25) is 0 Å². The van der Waals surface area contributed by atoms with E-state index in [-0.39, 0.29) is 6.04 Å². The van der Waals surface area contributed by atoms with E-state index in [9.17, 15) is 13.2 Å². The Labute approximate surface area is 64.2 Å². The Morgan fingerprint density at radius 2 is 1.91 bits per heavy atom. The van der Waals surface area contributed by atoms with Crippen LogP contribution in [0.15, 0.2) is 0 Å². The van der Waals surface area contributed by atoms with E-state index in [1.165, 1.54) is 11.9 Å². The highest BCUT2D eigenvalue weighted by atomic mass is 19.4. The van der Waals surface area contributed by atoms with Crippen LogP contribution >= 0.6 is 0 Å². The topological polar surface area (TPSA) is 3.24 Å². The molecule has 0 aromatic carbocycles. The van der Waals surface area contributed by atoms with E-state index in [4.69, 9.17) is 0 Å². The van der Waals surface area contributed by atoms with Crippen LogP contribution in [-0.4, -0.2) is 30.7 Å². The number of hydrogen-bond acceptors (Lipinski definition) is 1. The van der Waals surface area contributed by atoms with Crippen molar-refractivity contribution in [1.82, 2.24) is 4.90 Å². The third-order valence-corrected chi connectivity index (χ3v) is 2.13. The van der Waals surface area contributed by atoms with Gasteiger partial charge in [-0.2, -0.15) is 13.2 Å². The van der Waals surface area contributed by atoms with Crippen molar-refractivity contribution in [3.63, 3.8) is 0 Å². The first-order valence-corrected chi connectivity index (χ1v) is 3.76. The molecule has 1 aliphatic rings. The molecule has 0 aliphatic heterocycles. The second-order valence-electron chi connectivity index (χ2n) is 3.12. The van der Waals surface area contributed by atoms with Gasteiger partial charge in [-0.3, -0.25) is 4.90 Å². The molecule has 1 nitrogen and oxygen atoms in total. The van der Waals surface area contributed by atoms with Crippen LogP contribution < -0.4 is 0 Å². The van der Waals surface area contributed by atoms with Gasteiger partial charge in [-0.25, -0.2) is 0 Å². The Kier molecular flexibility index (Phi) is 2.42. The molecule has 11 heavy (non-hydrogen) atoms. The zero-order chi connectivity index (χ0) is 8.48. The fourth-order valence-corrected chi connectivity index (χ4v) is 1.24. The molecule has 0 amide bonds. The third-order valence-electron chi connectivity index (χ3n) is 2.13. The van der Waals surface area contributed by atoms with Crippen molar-refractivity contribution in [2.24, 2.45) is 0 Å². The van der Waals surface area contributed by atoms with Crippen molar-refractivity contribution in [2.45, 2.75) is 31.5 Å². The van der Waals surface area contributed by atoms with E-state index in [0.29, 0.717) is 0 Å². The normalized spacial score (nSPS) is 20.5. The molecule has 0 aromatic heterocycles. The molecule has 1 fully saturated rings. The molecule has 0 N–H and O–H groups in total. The van der Waals surface area contributed by atoms with Crippen molar-refractivity contribution in [1.29, 1.82) is 0 Å². The quantitative estimate of drug-likeness (QED) is 0.608. The van der Waals surface area contributed by atoms with E-state index in [0.717, 1.165) is 19.3 Å². The summed E-state index contributed by atoms with van der Waals surface area (Å²) < 4.78 is 35.4. The molecule has 1 saturated carbocycles. The molecule has 0 saturated heterocycles. The van der Waals surface area contributed by atoms with Gasteiger partial charge in [0, 0.05) is 6.04 Å². The van der Waals surface area contributed by atoms with Crippen LogP contribution in [0.4, 0.5) is 13.2 Å². The van der Waals surface area contributed by atoms with Gasteiger partial charge in [-0.15, -0.1) is 0 Å². The van der Waals surface area contributed by atoms with E-state index < -0.39 is 12.7 Å². The molecule has 0 unspecified atom stereocenters. The highest BCUT2D eigenvalue weighted by Gasteiger charge is 2.33. The predicted molar refractivity (Wildman–Crippen MR) is 36.3 cm³/mol. The van der Waals surface area contributed by atoms with Gasteiger partial charge in [0.25, 0.3) is 0 Å². The van der Waals surface area contributed by atoms with Crippen LogP contribution in [0.3, 0.4) is 0 Å². The molecule has 0 atom stereocenters. The molecule has 0 radical (unpaired) electrons. The Balaban J connectivity index is 2.24. The van der Waals surface area contributed by atoms with Gasteiger partial charge in [0.15, 0.2) is 0 Å². The Morgan fingerprint density at radius 3 is 2.18 bits per heavy atom. The van der Waals surface area contributed by atoms with Crippen LogP contribution in [0, 0.1) is 0 Å². The van der Waals surface area contributed by atoms with Gasteiger partial charge in [0.2, 0.25) is 0 Å². The number of rotatable bonds is 2. The summed E-state index contributed by atoms with van der Waals surface area (Å²) in [6.45, 7) is -0.766. The standard InChI is InChI=1S/C7H12F3N/c1-11(5-7(8,9)10)6-3-2-4-6/h6H,2-5H2,1H3. The maximum absolute atomic E-state index is 11.8. The summed E-state index contributed by atoms with van der Waals surface area (Å²) in [6.07, 6.45) is -1.11. The lowest BCUT2D eigenvalue weighted by atomic mass is 9.92. The molecule has 1 aliphatic carbocycles. The first-order chi connectivity index (χ1) is 4.99. The molecule has 4 heteroatoms. The minimum atomic E-state index is -4.04. The first kappa shape index (κ1) is 8.84. The minimum Gasteiger partial charge on any atom is -0.295 e. The van der Waals surface area contributed by atoms with E-state index in [1.54, 1.807) is 0 Å². The Morgan fingerprint density at radius 1 is 1.36 bits per heavy atom. The van der Waals surface area contributed by atoms with Gasteiger partial charge in [0.05, 0.1) is 6.54 Å². The monoisotopic (exact) mass is 167 g/mol. The Bertz CT molecular complexity index is 128. The number of nitrogens with zero attached hydrogens (tertiary/aromatic N) is 1. The second kappa shape index (κ2) is 3.01. The van der Waals surface area contributed by atoms with Crippen molar-refractivity contribution < 1.29 is 13.2 Å². The number of halogens is 3. The molecule has 1 rings (SSSR count). The summed E-state index contributed by atoms with van der Waals surface area (Å²) in [4.78, 5) is 1.39. The fourth-order valence-electron chi connectivity index (χ4n) is 1.24. The van der Waals surface area contributed by atoms with E-state index >= 15 is 0 Å². The first-order valence-electron chi connectivity index (χ1n) is 3.76. The molecule has 0 aromatic rings. The van der Waals surface area contributed by atoms with Crippen molar-refractivity contribution in [3.05, 3.63) is 0 Å². The van der Waals surface area contributed by atoms with Crippen molar-refractivity contribution in [3.8, 4) is 0 Å². The molecule has 0 spiro atoms. The van der Waals surface area contributed by atoms with Crippen LogP contribution in [0.25, 0.3) is 0 Å². The summed E-state index contributed by atoms with van der Waals surface area (Å²) >= 11 is 0. The van der Waals surface area contributed by atoms with Gasteiger partial charge in [-0.05, 0) is 19.9 Å². The van der Waals surface area contributed by atoms with Crippen LogP contribution in [0.1, 0.15) is 19.3 Å². The van der Waals surface area contributed by atoms with Crippen LogP contribution in [0.5, 0.6) is 0 Å². The van der Waals surface area contributed by atoms with Crippen LogP contribution in [-0.2, 0) is 0 Å². The zero-order valence-electron chi connectivity index (χ0n) is 6.49. The maximum Gasteiger partial charge on any atom is 0.401 e. The molecule has 66 valence electrons. The summed E-state index contributed by atoms with van der Waals surface area (Å²) in [5.41, 5.74) is 0.